The normalized spacial score (nSPS) is 16.6. The summed E-state index contributed by atoms with van der Waals surface area (Å²) in [5.74, 6) is -0.283. The first-order valence-corrected chi connectivity index (χ1v) is 10.8. The SMILES string of the molecule is CCN(CC)S(=O)(=O)c1ccc(Cl)c(C(=O)N2c3ccccc3CC2C)c1. The summed E-state index contributed by atoms with van der Waals surface area (Å²) in [6.07, 6.45) is 0.761. The molecule has 27 heavy (non-hydrogen) atoms. The fraction of sp³-hybridized carbons (Fsp3) is 0.350. The van der Waals surface area contributed by atoms with Crippen LogP contribution in [0.2, 0.25) is 5.02 Å². The molecule has 2 aromatic carbocycles. The number of fused-ring (bicyclic) bond motifs is 1. The molecule has 0 bridgehead atoms. The zero-order valence-electron chi connectivity index (χ0n) is 15.6. The van der Waals surface area contributed by atoms with Gasteiger partial charge in [0.05, 0.1) is 15.5 Å². The highest BCUT2D eigenvalue weighted by molar-refractivity contribution is 7.89. The van der Waals surface area contributed by atoms with Crippen molar-refractivity contribution in [2.45, 2.75) is 38.1 Å². The van der Waals surface area contributed by atoms with Crippen LogP contribution < -0.4 is 4.90 Å². The first kappa shape index (κ1) is 19.9. The van der Waals surface area contributed by atoms with Gasteiger partial charge < -0.3 is 4.90 Å². The molecule has 1 aliphatic heterocycles. The number of carbonyl (C=O) groups is 1. The van der Waals surface area contributed by atoms with Gasteiger partial charge in [0, 0.05) is 24.8 Å². The molecular formula is C20H23ClN2O3S. The van der Waals surface area contributed by atoms with Crippen molar-refractivity contribution in [1.29, 1.82) is 0 Å². The lowest BCUT2D eigenvalue weighted by atomic mass is 10.1. The molecule has 1 amide bonds. The van der Waals surface area contributed by atoms with Crippen molar-refractivity contribution >= 4 is 33.2 Å². The Morgan fingerprint density at radius 1 is 1.19 bits per heavy atom. The minimum atomic E-state index is -3.67. The molecule has 3 rings (SSSR count). The summed E-state index contributed by atoms with van der Waals surface area (Å²) < 4.78 is 27.0. The quantitative estimate of drug-likeness (QED) is 0.755. The number of hydrogen-bond donors (Lipinski definition) is 0. The number of rotatable bonds is 5. The smallest absolute Gasteiger partial charge is 0.260 e. The van der Waals surface area contributed by atoms with Crippen molar-refractivity contribution in [1.82, 2.24) is 4.31 Å². The van der Waals surface area contributed by atoms with E-state index >= 15 is 0 Å². The third-order valence-corrected chi connectivity index (χ3v) is 7.31. The average molecular weight is 407 g/mol. The van der Waals surface area contributed by atoms with E-state index in [-0.39, 0.29) is 27.4 Å². The number of benzene rings is 2. The van der Waals surface area contributed by atoms with Crippen LogP contribution in [0.5, 0.6) is 0 Å². The van der Waals surface area contributed by atoms with Crippen molar-refractivity contribution in [3.05, 3.63) is 58.6 Å². The van der Waals surface area contributed by atoms with Crippen molar-refractivity contribution in [3.8, 4) is 0 Å². The average Bonchev–Trinajstić information content (AvgIpc) is 2.97. The van der Waals surface area contributed by atoms with Gasteiger partial charge in [0.25, 0.3) is 5.91 Å². The maximum Gasteiger partial charge on any atom is 0.260 e. The summed E-state index contributed by atoms with van der Waals surface area (Å²) in [5, 5.41) is 0.245. The number of anilines is 1. The van der Waals surface area contributed by atoms with Crippen LogP contribution in [-0.2, 0) is 16.4 Å². The summed E-state index contributed by atoms with van der Waals surface area (Å²) in [6, 6.07) is 12.1. The van der Waals surface area contributed by atoms with Crippen molar-refractivity contribution < 1.29 is 13.2 Å². The molecule has 5 nitrogen and oxygen atoms in total. The Kier molecular flexibility index (Phi) is 5.60. The van der Waals surface area contributed by atoms with Gasteiger partial charge in [-0.25, -0.2) is 8.42 Å². The number of halogens is 1. The van der Waals surface area contributed by atoms with Crippen LogP contribution in [-0.4, -0.2) is 37.8 Å². The maximum atomic E-state index is 13.3. The summed E-state index contributed by atoms with van der Waals surface area (Å²) >= 11 is 6.29. The van der Waals surface area contributed by atoms with E-state index in [1.54, 1.807) is 18.7 Å². The van der Waals surface area contributed by atoms with Gasteiger partial charge in [-0.3, -0.25) is 4.79 Å². The molecule has 0 aliphatic carbocycles. The fourth-order valence-electron chi connectivity index (χ4n) is 3.55. The molecule has 0 saturated heterocycles. The monoisotopic (exact) mass is 406 g/mol. The number of amides is 1. The molecule has 1 aliphatic rings. The van der Waals surface area contributed by atoms with Gasteiger partial charge in [-0.1, -0.05) is 43.6 Å². The van der Waals surface area contributed by atoms with Crippen LogP contribution in [0.3, 0.4) is 0 Å². The maximum absolute atomic E-state index is 13.3. The highest BCUT2D eigenvalue weighted by Crippen LogP contribution is 2.34. The first-order chi connectivity index (χ1) is 12.8. The van der Waals surface area contributed by atoms with Crippen LogP contribution in [0.1, 0.15) is 36.7 Å². The summed E-state index contributed by atoms with van der Waals surface area (Å²) in [5.41, 5.74) is 2.15. The number of carbonyl (C=O) groups excluding carboxylic acids is 1. The van der Waals surface area contributed by atoms with E-state index in [9.17, 15) is 13.2 Å². The summed E-state index contributed by atoms with van der Waals surface area (Å²) in [4.78, 5) is 15.0. The lowest BCUT2D eigenvalue weighted by Gasteiger charge is -2.24. The van der Waals surface area contributed by atoms with Crippen molar-refractivity contribution in [2.24, 2.45) is 0 Å². The highest BCUT2D eigenvalue weighted by atomic mass is 35.5. The second-order valence-electron chi connectivity index (χ2n) is 6.59. The molecular weight excluding hydrogens is 384 g/mol. The minimum absolute atomic E-state index is 0.0194. The van der Waals surface area contributed by atoms with E-state index in [1.165, 1.54) is 22.5 Å². The van der Waals surface area contributed by atoms with Gasteiger partial charge >= 0.3 is 0 Å². The third-order valence-electron chi connectivity index (χ3n) is 4.94. The second-order valence-corrected chi connectivity index (χ2v) is 8.93. The van der Waals surface area contributed by atoms with Crippen LogP contribution in [0.15, 0.2) is 47.4 Å². The predicted molar refractivity (Wildman–Crippen MR) is 108 cm³/mol. The second kappa shape index (κ2) is 7.62. The largest absolute Gasteiger partial charge is 0.305 e. The molecule has 2 aromatic rings. The van der Waals surface area contributed by atoms with E-state index in [4.69, 9.17) is 11.6 Å². The summed E-state index contributed by atoms with van der Waals surface area (Å²) in [7, 11) is -3.67. The summed E-state index contributed by atoms with van der Waals surface area (Å²) in [6.45, 7) is 6.27. The third kappa shape index (κ3) is 3.49. The van der Waals surface area contributed by atoms with Crippen LogP contribution in [0, 0.1) is 0 Å². The molecule has 1 heterocycles. The number of nitrogens with zero attached hydrogens (tertiary/aromatic N) is 2. The van der Waals surface area contributed by atoms with Gasteiger partial charge in [0.15, 0.2) is 0 Å². The Balaban J connectivity index is 2.04. The zero-order valence-corrected chi connectivity index (χ0v) is 17.2. The molecule has 0 radical (unpaired) electrons. The van der Waals surface area contributed by atoms with Crippen LogP contribution in [0.25, 0.3) is 0 Å². The molecule has 0 aromatic heterocycles. The Morgan fingerprint density at radius 2 is 1.85 bits per heavy atom. The Bertz CT molecular complexity index is 971. The lowest BCUT2D eigenvalue weighted by Crippen LogP contribution is -2.36. The molecule has 0 spiro atoms. The minimum Gasteiger partial charge on any atom is -0.305 e. The van der Waals surface area contributed by atoms with Gasteiger partial charge in [-0.05, 0) is 43.2 Å². The number of para-hydroxylation sites is 1. The molecule has 1 atom stereocenters. The van der Waals surface area contributed by atoms with Gasteiger partial charge in [0.2, 0.25) is 10.0 Å². The van der Waals surface area contributed by atoms with E-state index in [2.05, 4.69) is 0 Å². The molecule has 0 fully saturated rings. The van der Waals surface area contributed by atoms with Crippen molar-refractivity contribution in [2.75, 3.05) is 18.0 Å². The molecule has 0 saturated carbocycles. The molecule has 7 heteroatoms. The topological polar surface area (TPSA) is 57.7 Å². The molecule has 144 valence electrons. The predicted octanol–water partition coefficient (Wildman–Crippen LogP) is 3.96. The van der Waals surface area contributed by atoms with Gasteiger partial charge in [-0.2, -0.15) is 4.31 Å². The van der Waals surface area contributed by atoms with Gasteiger partial charge in [-0.15, -0.1) is 0 Å². The van der Waals surface area contributed by atoms with Gasteiger partial charge in [0.1, 0.15) is 0 Å². The van der Waals surface area contributed by atoms with E-state index < -0.39 is 10.0 Å². The zero-order chi connectivity index (χ0) is 19.8. The Labute approximate surface area is 165 Å². The van der Waals surface area contributed by atoms with E-state index in [0.717, 1.165) is 17.7 Å². The fourth-order valence-corrected chi connectivity index (χ4v) is 5.23. The van der Waals surface area contributed by atoms with Crippen LogP contribution in [0.4, 0.5) is 5.69 Å². The Hall–Kier alpha value is -1.89. The van der Waals surface area contributed by atoms with Crippen molar-refractivity contribution in [3.63, 3.8) is 0 Å². The highest BCUT2D eigenvalue weighted by Gasteiger charge is 2.33. The molecule has 1 unspecified atom stereocenters. The van der Waals surface area contributed by atoms with E-state index in [0.29, 0.717) is 13.1 Å². The van der Waals surface area contributed by atoms with E-state index in [1.807, 2.05) is 31.2 Å². The molecule has 0 N–H and O–H groups in total. The number of hydrogen-bond acceptors (Lipinski definition) is 3. The standard InChI is InChI=1S/C20H23ClN2O3S/c1-4-22(5-2)27(25,26)16-10-11-18(21)17(13-16)20(24)23-14(3)12-15-8-6-7-9-19(15)23/h6-11,13-14H,4-5,12H2,1-3H3. The first-order valence-electron chi connectivity index (χ1n) is 9.02. The number of sulfonamides is 1. The lowest BCUT2D eigenvalue weighted by molar-refractivity contribution is 0.0981. The van der Waals surface area contributed by atoms with Crippen LogP contribution >= 0.6 is 11.6 Å². The Morgan fingerprint density at radius 3 is 2.52 bits per heavy atom.